The van der Waals surface area contributed by atoms with Crippen LogP contribution in [0.2, 0.25) is 0 Å². The van der Waals surface area contributed by atoms with E-state index in [0.29, 0.717) is 0 Å². The van der Waals surface area contributed by atoms with E-state index in [0.717, 1.165) is 7.11 Å². The molecule has 1 heteroatoms. The minimum absolute atomic E-state index is 0. The maximum absolute atomic E-state index is 7.00. The smallest absolute Gasteiger partial charge is 0.0319 e. The Bertz CT molecular complexity index is 3.61. The van der Waals surface area contributed by atoms with Gasteiger partial charge in [0.15, 0.2) is 0 Å². The molecule has 0 aromatic heterocycles. The molecule has 0 fully saturated rings. The molecular weight excluding hydrogens is 64.0 g/mol. The number of rotatable bonds is 0. The van der Waals surface area contributed by atoms with Gasteiger partial charge in [-0.3, -0.25) is 0 Å². The summed E-state index contributed by atoms with van der Waals surface area (Å²) in [6.45, 7) is 0. The molecule has 0 saturated heterocycles. The Morgan fingerprint density at radius 3 is 0.800 bits per heavy atom. The number of hydrogen-bond donors (Lipinski definition) is 1. The monoisotopic (exact) mass is 80.1 g/mol. The van der Waals surface area contributed by atoms with E-state index < -0.39 is 0 Å². The number of hydrogen-bond acceptors (Lipinski definition) is 1. The Morgan fingerprint density at radius 1 is 0.800 bits per heavy atom. The first kappa shape index (κ1) is 84.4. The molecule has 0 saturated carbocycles. The van der Waals surface area contributed by atoms with Crippen LogP contribution in [0.4, 0.5) is 0 Å². The third-order valence-corrected chi connectivity index (χ3v) is 0. The summed E-state index contributed by atoms with van der Waals surface area (Å²) in [4.78, 5) is 0. The van der Waals surface area contributed by atoms with Gasteiger partial charge in [-0.25, -0.2) is 0 Å². The van der Waals surface area contributed by atoms with Crippen molar-refractivity contribution in [1.29, 1.82) is 0 Å². The summed E-state index contributed by atoms with van der Waals surface area (Å²) in [6.07, 6.45) is 0. The molecule has 5 heavy (non-hydrogen) atoms. The molecule has 0 aromatic carbocycles. The van der Waals surface area contributed by atoms with Crippen LogP contribution in [0.1, 0.15) is 22.3 Å². The molecule has 0 bridgehead atoms. The molecule has 38 valence electrons. The highest BCUT2D eigenvalue weighted by Gasteiger charge is 0.839. The van der Waals surface area contributed by atoms with Crippen molar-refractivity contribution in [1.82, 2.24) is 0 Å². The van der Waals surface area contributed by atoms with E-state index in [1.54, 1.807) is 0 Å². The molecular formula is C4H16O. The predicted molar refractivity (Wildman–Crippen MR) is 28.3 cm³/mol. The van der Waals surface area contributed by atoms with E-state index in [2.05, 4.69) is 0 Å². The van der Waals surface area contributed by atoms with Crippen LogP contribution >= 0.6 is 0 Å². The van der Waals surface area contributed by atoms with Crippen LogP contribution in [0.5, 0.6) is 0 Å². The van der Waals surface area contributed by atoms with Crippen molar-refractivity contribution in [2.45, 2.75) is 22.3 Å². The standard InChI is InChI=1S/CH4O.3CH4/c1-2;;;/h2H,1H3;3*1H4. The minimum atomic E-state index is 0. The van der Waals surface area contributed by atoms with Crippen LogP contribution < -0.4 is 0 Å². The SMILES string of the molecule is C.C.C.CO. The lowest BCUT2D eigenvalue weighted by atomic mass is 11.8. The molecule has 0 unspecified atom stereocenters. The molecule has 0 spiro atoms. The first-order valence-electron chi connectivity index (χ1n) is 0.447. The minimum Gasteiger partial charge on any atom is -0.400 e. The zero-order chi connectivity index (χ0) is 2.00. The van der Waals surface area contributed by atoms with Crippen molar-refractivity contribution >= 4 is 0 Å². The molecule has 1 nitrogen and oxygen atoms in total. The van der Waals surface area contributed by atoms with Gasteiger partial charge in [0.25, 0.3) is 0 Å². The van der Waals surface area contributed by atoms with Gasteiger partial charge in [-0.1, -0.05) is 22.3 Å². The van der Waals surface area contributed by atoms with Gasteiger partial charge in [0, 0.05) is 7.11 Å². The summed E-state index contributed by atoms with van der Waals surface area (Å²) >= 11 is 0. The van der Waals surface area contributed by atoms with Gasteiger partial charge in [-0.05, 0) is 0 Å². The van der Waals surface area contributed by atoms with Gasteiger partial charge >= 0.3 is 0 Å². The van der Waals surface area contributed by atoms with Gasteiger partial charge in [0.1, 0.15) is 0 Å². The summed E-state index contributed by atoms with van der Waals surface area (Å²) in [5, 5.41) is 7.00. The molecule has 0 radical (unpaired) electrons. The van der Waals surface area contributed by atoms with E-state index in [1.165, 1.54) is 0 Å². The van der Waals surface area contributed by atoms with Gasteiger partial charge in [0.2, 0.25) is 0 Å². The molecule has 0 rings (SSSR count). The molecule has 0 aromatic rings. The van der Waals surface area contributed by atoms with Crippen molar-refractivity contribution in [2.75, 3.05) is 7.11 Å². The fourth-order valence-electron chi connectivity index (χ4n) is 0. The van der Waals surface area contributed by atoms with E-state index in [4.69, 9.17) is 5.11 Å². The summed E-state index contributed by atoms with van der Waals surface area (Å²) in [6, 6.07) is 0. The quantitative estimate of drug-likeness (QED) is 0.467. The molecule has 0 aliphatic rings. The van der Waals surface area contributed by atoms with E-state index in [9.17, 15) is 0 Å². The molecule has 0 heterocycles. The van der Waals surface area contributed by atoms with E-state index in [-0.39, 0.29) is 22.3 Å². The summed E-state index contributed by atoms with van der Waals surface area (Å²) in [5.74, 6) is 0. The number of aliphatic hydroxyl groups excluding tert-OH is 1. The maximum Gasteiger partial charge on any atom is 0.0319 e. The van der Waals surface area contributed by atoms with Crippen LogP contribution in [0, 0.1) is 0 Å². The maximum atomic E-state index is 7.00. The second kappa shape index (κ2) is 21700. The van der Waals surface area contributed by atoms with Gasteiger partial charge < -0.3 is 5.11 Å². The van der Waals surface area contributed by atoms with Crippen LogP contribution in [-0.4, -0.2) is 12.2 Å². The van der Waals surface area contributed by atoms with Crippen molar-refractivity contribution in [3.8, 4) is 0 Å². The van der Waals surface area contributed by atoms with Crippen LogP contribution in [0.25, 0.3) is 0 Å². The van der Waals surface area contributed by atoms with E-state index in [1.807, 2.05) is 0 Å². The van der Waals surface area contributed by atoms with Crippen LogP contribution in [0.15, 0.2) is 0 Å². The lowest BCUT2D eigenvalue weighted by molar-refractivity contribution is 0.399. The van der Waals surface area contributed by atoms with Crippen molar-refractivity contribution in [3.63, 3.8) is 0 Å². The Labute approximate surface area is 35.6 Å². The Balaban J connectivity index is -0.00000000167. The average molecular weight is 80.2 g/mol. The third-order valence-electron chi connectivity index (χ3n) is 0. The van der Waals surface area contributed by atoms with Crippen molar-refractivity contribution in [3.05, 3.63) is 0 Å². The molecule has 0 atom stereocenters. The lowest BCUT2D eigenvalue weighted by Gasteiger charge is -1.21. The van der Waals surface area contributed by atoms with Crippen LogP contribution in [-0.2, 0) is 0 Å². The number of aliphatic hydroxyl groups is 1. The predicted octanol–water partition coefficient (Wildman–Crippen LogP) is 1.52. The zero-order valence-corrected chi connectivity index (χ0v) is 1.45. The largest absolute Gasteiger partial charge is 0.400 e. The van der Waals surface area contributed by atoms with Crippen LogP contribution in [0.3, 0.4) is 0 Å². The summed E-state index contributed by atoms with van der Waals surface area (Å²) < 4.78 is 0. The highest BCUT2D eigenvalue weighted by molar-refractivity contribution is 3.18. The normalized spacial score (nSPS) is 1.20. The highest BCUT2D eigenvalue weighted by Crippen LogP contribution is 0.755. The average Bonchev–Trinajstić information content (AvgIpc) is 1.00. The second-order valence-electron chi connectivity index (χ2n) is 0. The second-order valence-corrected chi connectivity index (χ2v) is 0. The molecule has 1 N–H and O–H groups in total. The topological polar surface area (TPSA) is 20.2 Å². The Kier molecular flexibility index (Phi) is 366000. The van der Waals surface area contributed by atoms with Gasteiger partial charge in [0.05, 0.1) is 0 Å². The highest BCUT2D eigenvalue weighted by atomic mass is 16.2. The van der Waals surface area contributed by atoms with Gasteiger partial charge in [-0.15, -0.1) is 0 Å². The molecule has 0 aliphatic carbocycles. The summed E-state index contributed by atoms with van der Waals surface area (Å²) in [7, 11) is 1.00. The van der Waals surface area contributed by atoms with Gasteiger partial charge in [-0.2, -0.15) is 0 Å². The van der Waals surface area contributed by atoms with Crippen molar-refractivity contribution < 1.29 is 5.11 Å². The van der Waals surface area contributed by atoms with E-state index >= 15 is 0 Å². The lowest BCUT2D eigenvalue weighted by Crippen LogP contribution is -1.25. The molecule has 0 amide bonds. The zero-order valence-electron chi connectivity index (χ0n) is 1.45. The van der Waals surface area contributed by atoms with Crippen molar-refractivity contribution in [2.24, 2.45) is 0 Å². The third kappa shape index (κ3) is 9510. The fourth-order valence-corrected chi connectivity index (χ4v) is 0. The summed E-state index contributed by atoms with van der Waals surface area (Å²) in [5.41, 5.74) is 0. The first-order chi connectivity index (χ1) is 1.00. The first-order valence-corrected chi connectivity index (χ1v) is 0.447. The molecule has 0 aliphatic heterocycles. The Morgan fingerprint density at radius 2 is 0.800 bits per heavy atom. The fraction of sp³-hybridized carbons (Fsp3) is 1.00. The Hall–Kier alpha value is -0.0400.